The van der Waals surface area contributed by atoms with Crippen LogP contribution >= 0.6 is 0 Å². The highest BCUT2D eigenvalue weighted by Crippen LogP contribution is 2.30. The predicted octanol–water partition coefficient (Wildman–Crippen LogP) is 3.38. The molecule has 6 heteroatoms. The highest BCUT2D eigenvalue weighted by Gasteiger charge is 2.18. The first-order valence-electron chi connectivity index (χ1n) is 8.79. The Kier molecular flexibility index (Phi) is 4.36. The molecule has 3 aromatic rings. The number of fused-ring (bicyclic) bond motifs is 1. The smallest absolute Gasteiger partial charge is 0.176 e. The van der Waals surface area contributed by atoms with Crippen molar-refractivity contribution in [2.45, 2.75) is 39.3 Å². The van der Waals surface area contributed by atoms with E-state index in [4.69, 9.17) is 14.5 Å². The van der Waals surface area contributed by atoms with Crippen molar-refractivity contribution in [2.75, 3.05) is 13.2 Å². The van der Waals surface area contributed by atoms with E-state index in [1.165, 1.54) is 0 Å². The van der Waals surface area contributed by atoms with Gasteiger partial charge in [0.1, 0.15) is 29.9 Å². The van der Waals surface area contributed by atoms with Gasteiger partial charge in [0, 0.05) is 18.5 Å². The molecule has 1 unspecified atom stereocenters. The molecule has 1 aliphatic rings. The maximum Gasteiger partial charge on any atom is 0.176 e. The molecule has 0 amide bonds. The molecule has 3 heterocycles. The summed E-state index contributed by atoms with van der Waals surface area (Å²) < 4.78 is 13.6. The number of rotatable bonds is 5. The van der Waals surface area contributed by atoms with Crippen LogP contribution in [0.4, 0.5) is 0 Å². The first kappa shape index (κ1) is 16.0. The number of hydrogen-bond donors (Lipinski definition) is 0. The maximum absolute atomic E-state index is 6.06. The number of para-hydroxylation sites is 1. The molecule has 0 saturated carbocycles. The van der Waals surface area contributed by atoms with Crippen LogP contribution in [0.25, 0.3) is 22.4 Å². The number of pyridine rings is 1. The Morgan fingerprint density at radius 3 is 3.08 bits per heavy atom. The van der Waals surface area contributed by atoms with Crippen LogP contribution in [0.2, 0.25) is 0 Å². The van der Waals surface area contributed by atoms with Crippen molar-refractivity contribution >= 4 is 10.9 Å². The van der Waals surface area contributed by atoms with Crippen molar-refractivity contribution in [3.63, 3.8) is 0 Å². The lowest BCUT2D eigenvalue weighted by molar-refractivity contribution is 0.0684. The van der Waals surface area contributed by atoms with E-state index in [2.05, 4.69) is 29.1 Å². The molecule has 25 heavy (non-hydrogen) atoms. The summed E-state index contributed by atoms with van der Waals surface area (Å²) in [5.74, 6) is 1.57. The van der Waals surface area contributed by atoms with Crippen LogP contribution < -0.4 is 4.74 Å². The molecule has 0 radical (unpaired) electrons. The van der Waals surface area contributed by atoms with Crippen LogP contribution in [0.1, 0.15) is 25.3 Å². The molecule has 1 atom stereocenters. The van der Waals surface area contributed by atoms with Crippen molar-refractivity contribution in [1.29, 1.82) is 0 Å². The molecule has 0 bridgehead atoms. The molecule has 0 aliphatic carbocycles. The number of hydrogen-bond acceptors (Lipinski definition) is 5. The molecule has 6 nitrogen and oxygen atoms in total. The molecular weight excluding hydrogens is 316 g/mol. The van der Waals surface area contributed by atoms with Crippen LogP contribution in [0.5, 0.6) is 5.75 Å². The molecular formula is C19H22N4O2. The third kappa shape index (κ3) is 3.09. The minimum Gasteiger partial charge on any atom is -0.489 e. The van der Waals surface area contributed by atoms with Crippen LogP contribution in [-0.2, 0) is 11.3 Å². The second-order valence-electron chi connectivity index (χ2n) is 6.32. The minimum atomic E-state index is 0.183. The topological polar surface area (TPSA) is 62.1 Å². The second kappa shape index (κ2) is 6.80. The Morgan fingerprint density at radius 2 is 2.28 bits per heavy atom. The fraction of sp³-hybridized carbons (Fsp3) is 0.421. The van der Waals surface area contributed by atoms with E-state index in [1.54, 1.807) is 6.33 Å². The molecule has 4 rings (SSSR count). The Morgan fingerprint density at radius 1 is 1.36 bits per heavy atom. The number of aryl methyl sites for hydroxylation is 2. The van der Waals surface area contributed by atoms with Gasteiger partial charge in [-0.3, -0.25) is 0 Å². The normalized spacial score (nSPS) is 17.3. The van der Waals surface area contributed by atoms with Crippen molar-refractivity contribution in [2.24, 2.45) is 0 Å². The summed E-state index contributed by atoms with van der Waals surface area (Å²) in [5, 5.41) is 5.34. The minimum absolute atomic E-state index is 0.183. The van der Waals surface area contributed by atoms with Gasteiger partial charge in [0.15, 0.2) is 5.82 Å². The Labute approximate surface area is 146 Å². The summed E-state index contributed by atoms with van der Waals surface area (Å²) in [6.07, 6.45) is 3.92. The van der Waals surface area contributed by atoms with Gasteiger partial charge in [-0.15, -0.1) is 0 Å². The van der Waals surface area contributed by atoms with E-state index in [1.807, 2.05) is 23.7 Å². The van der Waals surface area contributed by atoms with Crippen LogP contribution in [0.3, 0.4) is 0 Å². The van der Waals surface area contributed by atoms with E-state index in [-0.39, 0.29) is 6.10 Å². The van der Waals surface area contributed by atoms with Crippen molar-refractivity contribution in [1.82, 2.24) is 19.7 Å². The molecule has 130 valence electrons. The molecule has 1 saturated heterocycles. The van der Waals surface area contributed by atoms with Crippen LogP contribution in [-0.4, -0.2) is 39.1 Å². The van der Waals surface area contributed by atoms with Gasteiger partial charge in [-0.25, -0.2) is 14.6 Å². The summed E-state index contributed by atoms with van der Waals surface area (Å²) in [4.78, 5) is 9.22. The van der Waals surface area contributed by atoms with E-state index in [0.717, 1.165) is 59.7 Å². The zero-order valence-electron chi connectivity index (χ0n) is 14.6. The van der Waals surface area contributed by atoms with Gasteiger partial charge in [-0.05, 0) is 44.4 Å². The van der Waals surface area contributed by atoms with E-state index >= 15 is 0 Å². The average molecular weight is 338 g/mol. The summed E-state index contributed by atoms with van der Waals surface area (Å²) in [6, 6.07) is 8.11. The number of aromatic nitrogens is 4. The van der Waals surface area contributed by atoms with Gasteiger partial charge in [0.2, 0.25) is 0 Å². The molecule has 2 aromatic heterocycles. The number of benzene rings is 1. The lowest BCUT2D eigenvalue weighted by atomic mass is 10.1. The first-order valence-corrected chi connectivity index (χ1v) is 8.79. The third-order valence-corrected chi connectivity index (χ3v) is 4.60. The Hall–Kier alpha value is -2.47. The standard InChI is InChI=1S/C19H22N4O2/c1-3-23-19(20-12-21-23)16-10-13(2)15-7-4-8-17(18(15)22-16)25-11-14-6-5-9-24-14/h4,7-8,10,12,14H,3,5-6,9,11H2,1-2H3. The van der Waals surface area contributed by atoms with E-state index in [9.17, 15) is 0 Å². The average Bonchev–Trinajstić information content (AvgIpc) is 3.31. The lowest BCUT2D eigenvalue weighted by Crippen LogP contribution is -2.16. The third-order valence-electron chi connectivity index (χ3n) is 4.60. The molecule has 0 N–H and O–H groups in total. The maximum atomic E-state index is 6.06. The van der Waals surface area contributed by atoms with Crippen molar-refractivity contribution < 1.29 is 9.47 Å². The molecule has 1 aromatic carbocycles. The summed E-state index contributed by atoms with van der Waals surface area (Å²) >= 11 is 0. The second-order valence-corrected chi connectivity index (χ2v) is 6.32. The lowest BCUT2D eigenvalue weighted by Gasteiger charge is -2.14. The molecule has 1 aliphatic heterocycles. The monoisotopic (exact) mass is 338 g/mol. The highest BCUT2D eigenvalue weighted by atomic mass is 16.5. The van der Waals surface area contributed by atoms with Crippen LogP contribution in [0.15, 0.2) is 30.6 Å². The fourth-order valence-electron chi connectivity index (χ4n) is 3.27. The summed E-state index contributed by atoms with van der Waals surface area (Å²) in [5.41, 5.74) is 2.83. The highest BCUT2D eigenvalue weighted by molar-refractivity contribution is 5.89. The fourth-order valence-corrected chi connectivity index (χ4v) is 3.27. The SMILES string of the molecule is CCn1ncnc1-c1cc(C)c2cccc(OCC3CCCO3)c2n1. The molecule has 1 fully saturated rings. The number of nitrogens with zero attached hydrogens (tertiary/aromatic N) is 4. The quantitative estimate of drug-likeness (QED) is 0.714. The van der Waals surface area contributed by atoms with Gasteiger partial charge in [0.25, 0.3) is 0 Å². The van der Waals surface area contributed by atoms with Gasteiger partial charge in [-0.1, -0.05) is 12.1 Å². The summed E-state index contributed by atoms with van der Waals surface area (Å²) in [6.45, 7) is 6.28. The Bertz CT molecular complexity index is 884. The van der Waals surface area contributed by atoms with Gasteiger partial charge in [-0.2, -0.15) is 5.10 Å². The van der Waals surface area contributed by atoms with Crippen LogP contribution in [0, 0.1) is 6.92 Å². The Balaban J connectivity index is 1.73. The van der Waals surface area contributed by atoms with Gasteiger partial charge in [0.05, 0.1) is 6.10 Å². The van der Waals surface area contributed by atoms with E-state index < -0.39 is 0 Å². The zero-order valence-corrected chi connectivity index (χ0v) is 14.6. The zero-order chi connectivity index (χ0) is 17.2. The summed E-state index contributed by atoms with van der Waals surface area (Å²) in [7, 11) is 0. The largest absolute Gasteiger partial charge is 0.489 e. The van der Waals surface area contributed by atoms with Crippen molar-refractivity contribution in [3.05, 3.63) is 36.2 Å². The number of ether oxygens (including phenoxy) is 2. The van der Waals surface area contributed by atoms with E-state index in [0.29, 0.717) is 6.61 Å². The molecule has 0 spiro atoms. The van der Waals surface area contributed by atoms with Crippen molar-refractivity contribution in [3.8, 4) is 17.3 Å². The predicted molar refractivity (Wildman–Crippen MR) is 95.6 cm³/mol. The first-order chi connectivity index (χ1) is 12.3. The van der Waals surface area contributed by atoms with Gasteiger partial charge >= 0.3 is 0 Å². The van der Waals surface area contributed by atoms with Gasteiger partial charge < -0.3 is 9.47 Å².